The Balaban J connectivity index is 2.38. The molecule has 3 nitrogen and oxygen atoms in total. The van der Waals surface area contributed by atoms with Crippen LogP contribution in [-0.4, -0.2) is 26.0 Å². The summed E-state index contributed by atoms with van der Waals surface area (Å²) < 4.78 is 0. The van der Waals surface area contributed by atoms with Gasteiger partial charge in [0.25, 0.3) is 0 Å². The molecular weight excluding hydrogens is 236 g/mol. The average Bonchev–Trinajstić information content (AvgIpc) is 2.46. The molecule has 0 aliphatic carbocycles. The third kappa shape index (κ3) is 2.93. The van der Waals surface area contributed by atoms with Gasteiger partial charge in [0.2, 0.25) is 5.91 Å². The van der Waals surface area contributed by atoms with Crippen LogP contribution in [0.25, 0.3) is 10.8 Å². The van der Waals surface area contributed by atoms with Gasteiger partial charge < -0.3 is 10.2 Å². The van der Waals surface area contributed by atoms with Gasteiger partial charge in [0.1, 0.15) is 0 Å². The van der Waals surface area contributed by atoms with Crippen molar-refractivity contribution in [2.24, 2.45) is 0 Å². The molecule has 0 atom stereocenters. The number of fused-ring (bicyclic) bond motifs is 1. The lowest BCUT2D eigenvalue weighted by Crippen LogP contribution is -2.32. The van der Waals surface area contributed by atoms with Crippen LogP contribution in [0.5, 0.6) is 0 Å². The molecule has 0 aliphatic heterocycles. The number of hydrogen-bond donors (Lipinski definition) is 1. The highest BCUT2D eigenvalue weighted by Gasteiger charge is 2.15. The van der Waals surface area contributed by atoms with Crippen LogP contribution in [0.2, 0.25) is 0 Å². The Morgan fingerprint density at radius 1 is 1.16 bits per heavy atom. The minimum absolute atomic E-state index is 0.160. The molecule has 0 saturated heterocycles. The van der Waals surface area contributed by atoms with Gasteiger partial charge in [-0.05, 0) is 25.4 Å². The zero-order chi connectivity index (χ0) is 13.7. The molecule has 19 heavy (non-hydrogen) atoms. The molecule has 0 aromatic heterocycles. The highest BCUT2D eigenvalue weighted by atomic mass is 16.2. The van der Waals surface area contributed by atoms with Crippen LogP contribution in [0.15, 0.2) is 42.5 Å². The van der Waals surface area contributed by atoms with E-state index in [1.165, 1.54) is 5.39 Å². The van der Waals surface area contributed by atoms with Crippen molar-refractivity contribution in [2.75, 3.05) is 25.0 Å². The summed E-state index contributed by atoms with van der Waals surface area (Å²) in [6.45, 7) is 3.41. The Morgan fingerprint density at radius 3 is 2.63 bits per heavy atom. The van der Waals surface area contributed by atoms with Gasteiger partial charge in [-0.1, -0.05) is 36.4 Å². The summed E-state index contributed by atoms with van der Waals surface area (Å²) in [7, 11) is 1.86. The summed E-state index contributed by atoms with van der Waals surface area (Å²) in [5, 5.41) is 5.31. The van der Waals surface area contributed by atoms with Crippen molar-refractivity contribution in [3.63, 3.8) is 0 Å². The normalized spacial score (nSPS) is 10.6. The number of hydrogen-bond acceptors (Lipinski definition) is 2. The molecule has 1 amide bonds. The van der Waals surface area contributed by atoms with Crippen LogP contribution in [-0.2, 0) is 4.79 Å². The topological polar surface area (TPSA) is 32.3 Å². The number of amides is 1. The molecule has 0 saturated carbocycles. The van der Waals surface area contributed by atoms with Gasteiger partial charge in [0.05, 0.1) is 5.69 Å². The van der Waals surface area contributed by atoms with Gasteiger partial charge in [0, 0.05) is 24.9 Å². The maximum atomic E-state index is 12.3. The van der Waals surface area contributed by atoms with Crippen LogP contribution in [0, 0.1) is 0 Å². The number of rotatable bonds is 5. The predicted octanol–water partition coefficient (Wildman–Crippen LogP) is 2.80. The highest BCUT2D eigenvalue weighted by Crippen LogP contribution is 2.26. The zero-order valence-electron chi connectivity index (χ0n) is 11.5. The maximum absolute atomic E-state index is 12.3. The molecule has 2 rings (SSSR count). The second kappa shape index (κ2) is 6.34. The first kappa shape index (κ1) is 13.6. The van der Waals surface area contributed by atoms with E-state index in [4.69, 9.17) is 0 Å². The van der Waals surface area contributed by atoms with Gasteiger partial charge in [-0.15, -0.1) is 0 Å². The van der Waals surface area contributed by atoms with Crippen LogP contribution < -0.4 is 10.2 Å². The van der Waals surface area contributed by atoms with Crippen LogP contribution in [0.3, 0.4) is 0 Å². The lowest BCUT2D eigenvalue weighted by molar-refractivity contribution is -0.118. The molecule has 0 unspecified atom stereocenters. The van der Waals surface area contributed by atoms with E-state index in [0.29, 0.717) is 19.5 Å². The third-order valence-electron chi connectivity index (χ3n) is 3.26. The van der Waals surface area contributed by atoms with Crippen LogP contribution in [0.1, 0.15) is 13.3 Å². The summed E-state index contributed by atoms with van der Waals surface area (Å²) in [6, 6.07) is 14.3. The number of nitrogens with one attached hydrogen (secondary N) is 1. The first-order valence-electron chi connectivity index (χ1n) is 6.70. The number of benzene rings is 2. The lowest BCUT2D eigenvalue weighted by Gasteiger charge is -2.22. The van der Waals surface area contributed by atoms with Crippen LogP contribution in [0.4, 0.5) is 5.69 Å². The molecule has 0 spiro atoms. The lowest BCUT2D eigenvalue weighted by atomic mass is 10.1. The molecule has 0 heterocycles. The molecule has 100 valence electrons. The van der Waals surface area contributed by atoms with Gasteiger partial charge >= 0.3 is 0 Å². The summed E-state index contributed by atoms with van der Waals surface area (Å²) in [4.78, 5) is 14.1. The standard InChI is InChI=1S/C16H20N2O/c1-3-18(16(19)11-12-17-2)15-10-6-8-13-7-4-5-9-14(13)15/h4-10,17H,3,11-12H2,1-2H3. The smallest absolute Gasteiger partial charge is 0.228 e. The SMILES string of the molecule is CCN(C(=O)CCNC)c1cccc2ccccc12. The minimum Gasteiger partial charge on any atom is -0.319 e. The predicted molar refractivity (Wildman–Crippen MR) is 80.5 cm³/mol. The minimum atomic E-state index is 0.160. The Bertz CT molecular complexity index is 560. The fourth-order valence-corrected chi connectivity index (χ4v) is 2.29. The molecule has 3 heteroatoms. The van der Waals surface area contributed by atoms with E-state index >= 15 is 0 Å². The van der Waals surface area contributed by atoms with E-state index in [-0.39, 0.29) is 5.91 Å². The van der Waals surface area contributed by atoms with Crippen molar-refractivity contribution in [2.45, 2.75) is 13.3 Å². The summed E-state index contributed by atoms with van der Waals surface area (Å²) in [5.41, 5.74) is 1.00. The molecule has 1 N–H and O–H groups in total. The quantitative estimate of drug-likeness (QED) is 0.892. The Labute approximate surface area is 114 Å². The van der Waals surface area contributed by atoms with Crippen molar-refractivity contribution in [1.29, 1.82) is 0 Å². The number of carbonyl (C=O) groups is 1. The monoisotopic (exact) mass is 256 g/mol. The second-order valence-corrected chi connectivity index (χ2v) is 4.49. The van der Waals surface area contributed by atoms with Crippen molar-refractivity contribution < 1.29 is 4.79 Å². The average molecular weight is 256 g/mol. The summed E-state index contributed by atoms with van der Waals surface area (Å²) in [5.74, 6) is 0.160. The molecule has 2 aromatic carbocycles. The molecule has 2 aromatic rings. The van der Waals surface area contributed by atoms with Gasteiger partial charge in [-0.3, -0.25) is 4.79 Å². The van der Waals surface area contributed by atoms with E-state index in [9.17, 15) is 4.79 Å². The van der Waals surface area contributed by atoms with Crippen molar-refractivity contribution in [3.05, 3.63) is 42.5 Å². The summed E-state index contributed by atoms with van der Waals surface area (Å²) >= 11 is 0. The van der Waals surface area contributed by atoms with E-state index in [1.807, 2.05) is 43.1 Å². The second-order valence-electron chi connectivity index (χ2n) is 4.49. The first-order valence-corrected chi connectivity index (χ1v) is 6.70. The van der Waals surface area contributed by atoms with Crippen molar-refractivity contribution >= 4 is 22.4 Å². The van der Waals surface area contributed by atoms with Gasteiger partial charge in [-0.25, -0.2) is 0 Å². The van der Waals surface area contributed by atoms with Gasteiger partial charge in [-0.2, -0.15) is 0 Å². The van der Waals surface area contributed by atoms with Crippen molar-refractivity contribution in [1.82, 2.24) is 5.32 Å². The van der Waals surface area contributed by atoms with E-state index in [1.54, 1.807) is 0 Å². The largest absolute Gasteiger partial charge is 0.319 e. The van der Waals surface area contributed by atoms with E-state index in [2.05, 4.69) is 23.5 Å². The fourth-order valence-electron chi connectivity index (χ4n) is 2.29. The Morgan fingerprint density at radius 2 is 1.89 bits per heavy atom. The molecule has 0 aliphatic rings. The third-order valence-corrected chi connectivity index (χ3v) is 3.26. The Kier molecular flexibility index (Phi) is 4.53. The highest BCUT2D eigenvalue weighted by molar-refractivity contribution is 6.03. The number of nitrogens with zero attached hydrogens (tertiary/aromatic N) is 1. The van der Waals surface area contributed by atoms with Gasteiger partial charge in [0.15, 0.2) is 0 Å². The zero-order valence-corrected chi connectivity index (χ0v) is 11.5. The van der Waals surface area contributed by atoms with E-state index in [0.717, 1.165) is 11.1 Å². The number of carbonyl (C=O) groups excluding carboxylic acids is 1. The molecule has 0 bridgehead atoms. The van der Waals surface area contributed by atoms with Crippen LogP contribution >= 0.6 is 0 Å². The first-order chi connectivity index (χ1) is 9.27. The van der Waals surface area contributed by atoms with Crippen molar-refractivity contribution in [3.8, 4) is 0 Å². The molecule has 0 radical (unpaired) electrons. The molecular formula is C16H20N2O. The number of anilines is 1. The molecule has 0 fully saturated rings. The van der Waals surface area contributed by atoms with E-state index < -0.39 is 0 Å². The summed E-state index contributed by atoms with van der Waals surface area (Å²) in [6.07, 6.45) is 0.521. The Hall–Kier alpha value is -1.87. The maximum Gasteiger partial charge on any atom is 0.228 e. The fraction of sp³-hybridized carbons (Fsp3) is 0.312.